The Labute approximate surface area is 198 Å². The zero-order valence-corrected chi connectivity index (χ0v) is 20.0. The van der Waals surface area contributed by atoms with Gasteiger partial charge in [0.25, 0.3) is 0 Å². The van der Waals surface area contributed by atoms with Gasteiger partial charge in [0.1, 0.15) is 6.61 Å². The Hall–Kier alpha value is -2.33. The summed E-state index contributed by atoms with van der Waals surface area (Å²) in [6, 6.07) is 9.14. The van der Waals surface area contributed by atoms with Gasteiger partial charge in [-0.3, -0.25) is 0 Å². The van der Waals surface area contributed by atoms with Gasteiger partial charge in [-0.15, -0.1) is 0 Å². The summed E-state index contributed by atoms with van der Waals surface area (Å²) >= 11 is 6.28. The number of benzene rings is 2. The van der Waals surface area contributed by atoms with E-state index in [1.54, 1.807) is 12.1 Å². The van der Waals surface area contributed by atoms with E-state index >= 15 is 0 Å². The molecule has 178 valence electrons. The molecule has 0 aromatic heterocycles. The molecule has 0 saturated carbocycles. The number of esters is 1. The van der Waals surface area contributed by atoms with Gasteiger partial charge >= 0.3 is 5.97 Å². The first kappa shape index (κ1) is 23.8. The van der Waals surface area contributed by atoms with Crippen LogP contribution in [-0.4, -0.2) is 57.2 Å². The van der Waals surface area contributed by atoms with E-state index in [4.69, 9.17) is 30.5 Å². The number of rotatable bonds is 5. The van der Waals surface area contributed by atoms with Crippen LogP contribution in [0.5, 0.6) is 11.5 Å². The summed E-state index contributed by atoms with van der Waals surface area (Å²) in [6.07, 6.45) is 0.386. The molecular weight excluding hydrogens is 470 g/mol. The van der Waals surface area contributed by atoms with Crippen LogP contribution >= 0.6 is 11.6 Å². The lowest BCUT2D eigenvalue weighted by molar-refractivity contribution is -0.0440. The minimum atomic E-state index is -3.68. The molecule has 33 heavy (non-hydrogen) atoms. The second-order valence-electron chi connectivity index (χ2n) is 8.14. The molecule has 2 atom stereocenters. The van der Waals surface area contributed by atoms with Gasteiger partial charge in [-0.05, 0) is 55.8 Å². The van der Waals surface area contributed by atoms with E-state index in [-0.39, 0.29) is 42.4 Å². The highest BCUT2D eigenvalue weighted by Gasteiger charge is 2.32. The van der Waals surface area contributed by atoms with Crippen molar-refractivity contribution in [2.24, 2.45) is 0 Å². The number of carbonyl (C=O) groups excluding carboxylic acids is 1. The van der Waals surface area contributed by atoms with Gasteiger partial charge in [-0.1, -0.05) is 11.6 Å². The molecule has 8 nitrogen and oxygen atoms in total. The van der Waals surface area contributed by atoms with Crippen molar-refractivity contribution in [2.45, 2.75) is 44.0 Å². The van der Waals surface area contributed by atoms with Crippen LogP contribution in [0.25, 0.3) is 0 Å². The Morgan fingerprint density at radius 3 is 2.45 bits per heavy atom. The molecular formula is C23H26ClNO7S. The van der Waals surface area contributed by atoms with Crippen molar-refractivity contribution in [3.63, 3.8) is 0 Å². The average Bonchev–Trinajstić information content (AvgIpc) is 3.03. The first-order valence-electron chi connectivity index (χ1n) is 10.7. The standard InChI is InChI=1S/C23H26ClNO7S/c1-15-12-25(13-16(2)32-15)33(27,28)19-6-4-18(5-7-19)23(26)31-14-17-10-20(24)22-21(11-17)29-8-3-9-30-22/h4-7,10-11,15-16H,3,8-9,12-14H2,1-2H3/t15-,16+. The van der Waals surface area contributed by atoms with Crippen molar-refractivity contribution in [3.05, 3.63) is 52.5 Å². The second kappa shape index (κ2) is 9.89. The fourth-order valence-corrected chi connectivity index (χ4v) is 5.72. The molecule has 2 aliphatic rings. The molecule has 1 saturated heterocycles. The molecule has 1 fully saturated rings. The highest BCUT2D eigenvalue weighted by Crippen LogP contribution is 2.38. The largest absolute Gasteiger partial charge is 0.489 e. The van der Waals surface area contributed by atoms with Crippen LogP contribution in [0.15, 0.2) is 41.3 Å². The topological polar surface area (TPSA) is 91.4 Å². The number of sulfonamides is 1. The summed E-state index contributed by atoms with van der Waals surface area (Å²) in [5.74, 6) is 0.438. The Bertz CT molecular complexity index is 1110. The molecule has 0 spiro atoms. The normalized spacial score (nSPS) is 21.3. The predicted octanol–water partition coefficient (Wildman–Crippen LogP) is 3.66. The molecule has 2 aliphatic heterocycles. The van der Waals surface area contributed by atoms with E-state index in [2.05, 4.69) is 0 Å². The van der Waals surface area contributed by atoms with Gasteiger partial charge < -0.3 is 18.9 Å². The smallest absolute Gasteiger partial charge is 0.338 e. The summed E-state index contributed by atoms with van der Waals surface area (Å²) in [7, 11) is -3.68. The van der Waals surface area contributed by atoms with E-state index in [0.29, 0.717) is 35.3 Å². The zero-order valence-electron chi connectivity index (χ0n) is 18.5. The van der Waals surface area contributed by atoms with Crippen molar-refractivity contribution in [1.29, 1.82) is 0 Å². The Morgan fingerprint density at radius 1 is 1.09 bits per heavy atom. The fourth-order valence-electron chi connectivity index (χ4n) is 3.84. The Balaban J connectivity index is 1.42. The first-order valence-corrected chi connectivity index (χ1v) is 12.6. The van der Waals surface area contributed by atoms with E-state index in [1.807, 2.05) is 13.8 Å². The molecule has 2 aromatic rings. The highest BCUT2D eigenvalue weighted by atomic mass is 35.5. The lowest BCUT2D eigenvalue weighted by Gasteiger charge is -2.34. The summed E-state index contributed by atoms with van der Waals surface area (Å²) in [5.41, 5.74) is 0.908. The molecule has 4 rings (SSSR count). The Kier molecular flexibility index (Phi) is 7.13. The maximum absolute atomic E-state index is 13.0. The number of morpholine rings is 1. The van der Waals surface area contributed by atoms with Gasteiger partial charge in [0.05, 0.1) is 40.9 Å². The quantitative estimate of drug-likeness (QED) is 0.584. The number of carbonyl (C=O) groups is 1. The lowest BCUT2D eigenvalue weighted by atomic mass is 10.2. The molecule has 0 N–H and O–H groups in total. The van der Waals surface area contributed by atoms with Gasteiger partial charge in [0, 0.05) is 19.5 Å². The number of halogens is 1. The minimum absolute atomic E-state index is 0.0151. The molecule has 0 aliphatic carbocycles. The van der Waals surface area contributed by atoms with E-state index in [1.165, 1.54) is 28.6 Å². The van der Waals surface area contributed by atoms with E-state index < -0.39 is 16.0 Å². The summed E-state index contributed by atoms with van der Waals surface area (Å²) in [4.78, 5) is 12.6. The van der Waals surface area contributed by atoms with Gasteiger partial charge in [0.15, 0.2) is 11.5 Å². The van der Waals surface area contributed by atoms with Crippen molar-refractivity contribution < 1.29 is 32.2 Å². The Morgan fingerprint density at radius 2 is 1.76 bits per heavy atom. The van der Waals surface area contributed by atoms with Crippen molar-refractivity contribution >= 4 is 27.6 Å². The second-order valence-corrected chi connectivity index (χ2v) is 10.5. The van der Waals surface area contributed by atoms with E-state index in [9.17, 15) is 13.2 Å². The van der Waals surface area contributed by atoms with Crippen LogP contribution in [-0.2, 0) is 26.1 Å². The molecule has 10 heteroatoms. The molecule has 2 heterocycles. The third-order valence-electron chi connectivity index (χ3n) is 5.35. The van der Waals surface area contributed by atoms with Crippen molar-refractivity contribution in [3.8, 4) is 11.5 Å². The highest BCUT2D eigenvalue weighted by molar-refractivity contribution is 7.89. The van der Waals surface area contributed by atoms with Crippen LogP contribution in [0, 0.1) is 0 Å². The number of hydrogen-bond donors (Lipinski definition) is 0. The van der Waals surface area contributed by atoms with Gasteiger partial charge in [-0.2, -0.15) is 4.31 Å². The molecule has 0 radical (unpaired) electrons. The number of hydrogen-bond acceptors (Lipinski definition) is 7. The summed E-state index contributed by atoms with van der Waals surface area (Å²) < 4.78 is 49.6. The molecule has 0 amide bonds. The SMILES string of the molecule is C[C@@H]1CN(S(=O)(=O)c2ccc(C(=O)OCc3cc(Cl)c4c(c3)OCCCO4)cc2)C[C@H](C)O1. The number of fused-ring (bicyclic) bond motifs is 1. The summed E-state index contributed by atoms with van der Waals surface area (Å²) in [5, 5.41) is 0.391. The molecule has 2 aromatic carbocycles. The van der Waals surface area contributed by atoms with Gasteiger partial charge in [0.2, 0.25) is 10.0 Å². The molecule has 0 bridgehead atoms. The lowest BCUT2D eigenvalue weighted by Crippen LogP contribution is -2.48. The van der Waals surface area contributed by atoms with E-state index in [0.717, 1.165) is 6.42 Å². The zero-order chi connectivity index (χ0) is 23.6. The van der Waals surface area contributed by atoms with Crippen LogP contribution in [0.4, 0.5) is 0 Å². The molecule has 0 unspecified atom stereocenters. The van der Waals surface area contributed by atoms with Crippen LogP contribution in [0.1, 0.15) is 36.2 Å². The predicted molar refractivity (Wildman–Crippen MR) is 121 cm³/mol. The van der Waals surface area contributed by atoms with Crippen LogP contribution < -0.4 is 9.47 Å². The maximum atomic E-state index is 13.0. The number of nitrogens with zero attached hydrogens (tertiary/aromatic N) is 1. The van der Waals surface area contributed by atoms with Crippen molar-refractivity contribution in [2.75, 3.05) is 26.3 Å². The monoisotopic (exact) mass is 495 g/mol. The maximum Gasteiger partial charge on any atom is 0.338 e. The average molecular weight is 496 g/mol. The minimum Gasteiger partial charge on any atom is -0.489 e. The van der Waals surface area contributed by atoms with Crippen LogP contribution in [0.2, 0.25) is 5.02 Å². The third-order valence-corrected chi connectivity index (χ3v) is 7.47. The van der Waals surface area contributed by atoms with Gasteiger partial charge in [-0.25, -0.2) is 13.2 Å². The first-order chi connectivity index (χ1) is 15.7. The third kappa shape index (κ3) is 5.43. The number of ether oxygens (including phenoxy) is 4. The fraction of sp³-hybridized carbons (Fsp3) is 0.435. The summed E-state index contributed by atoms with van der Waals surface area (Å²) in [6.45, 7) is 5.28. The van der Waals surface area contributed by atoms with Crippen LogP contribution in [0.3, 0.4) is 0 Å². The van der Waals surface area contributed by atoms with Crippen molar-refractivity contribution in [1.82, 2.24) is 4.31 Å².